The maximum absolute atomic E-state index is 12.7. The van der Waals surface area contributed by atoms with Gasteiger partial charge in [0.2, 0.25) is 0 Å². The summed E-state index contributed by atoms with van der Waals surface area (Å²) in [6.07, 6.45) is 10.1. The van der Waals surface area contributed by atoms with Crippen LogP contribution < -0.4 is 10.2 Å². The predicted molar refractivity (Wildman–Crippen MR) is 122 cm³/mol. The van der Waals surface area contributed by atoms with Crippen LogP contribution in [-0.4, -0.2) is 55.3 Å². The van der Waals surface area contributed by atoms with Crippen molar-refractivity contribution in [1.29, 1.82) is 0 Å². The number of rotatable bonds is 5. The minimum Gasteiger partial charge on any atom is -0.394 e. The van der Waals surface area contributed by atoms with Crippen LogP contribution in [-0.2, 0) is 17.2 Å². The Hall–Kier alpha value is -1.77. The number of hydrogen-bond donors (Lipinski definition) is 2. The van der Waals surface area contributed by atoms with Crippen molar-refractivity contribution in [1.82, 2.24) is 15.0 Å². The van der Waals surface area contributed by atoms with Crippen LogP contribution in [0.3, 0.4) is 0 Å². The summed E-state index contributed by atoms with van der Waals surface area (Å²) in [5, 5.41) is 14.0. The van der Waals surface area contributed by atoms with Gasteiger partial charge in [0, 0.05) is 37.2 Å². The summed E-state index contributed by atoms with van der Waals surface area (Å²) in [4.78, 5) is 17.0. The minimum atomic E-state index is -1.03. The summed E-state index contributed by atoms with van der Waals surface area (Å²) < 4.78 is 12.7. The zero-order chi connectivity index (χ0) is 21.4. The molecule has 2 aromatic rings. The molecule has 9 heteroatoms. The summed E-state index contributed by atoms with van der Waals surface area (Å²) in [6.45, 7) is 1.87. The van der Waals surface area contributed by atoms with Crippen molar-refractivity contribution in [3.05, 3.63) is 34.9 Å². The van der Waals surface area contributed by atoms with E-state index < -0.39 is 10.8 Å². The molecule has 0 amide bonds. The molecule has 2 aliphatic heterocycles. The average molecular weight is 462 g/mol. The van der Waals surface area contributed by atoms with Crippen molar-refractivity contribution in [2.45, 2.75) is 61.3 Å². The van der Waals surface area contributed by atoms with Crippen molar-refractivity contribution >= 4 is 34.0 Å². The topological polar surface area (TPSA) is 91.2 Å². The number of fused-ring (bicyclic) bond motifs is 1. The van der Waals surface area contributed by atoms with Crippen LogP contribution in [0.5, 0.6) is 0 Å². The Balaban J connectivity index is 1.39. The molecule has 1 saturated carbocycles. The Bertz CT molecular complexity index is 977. The van der Waals surface area contributed by atoms with Crippen molar-refractivity contribution < 1.29 is 9.32 Å². The largest absolute Gasteiger partial charge is 0.394 e. The van der Waals surface area contributed by atoms with Gasteiger partial charge < -0.3 is 15.3 Å². The molecule has 2 atom stereocenters. The molecule has 166 valence electrons. The van der Waals surface area contributed by atoms with E-state index >= 15 is 0 Å². The van der Waals surface area contributed by atoms with Gasteiger partial charge in [-0.15, -0.1) is 0 Å². The zero-order valence-electron chi connectivity index (χ0n) is 17.5. The van der Waals surface area contributed by atoms with Gasteiger partial charge in [-0.05, 0) is 56.6 Å². The first kappa shape index (κ1) is 21.1. The van der Waals surface area contributed by atoms with Crippen LogP contribution in [0, 0.1) is 0 Å². The van der Waals surface area contributed by atoms with Crippen LogP contribution in [0.1, 0.15) is 55.8 Å². The molecule has 1 saturated heterocycles. The smallest absolute Gasteiger partial charge is 0.145 e. The third-order valence-electron chi connectivity index (χ3n) is 6.88. The lowest BCUT2D eigenvalue weighted by molar-refractivity contribution is 0.143. The quantitative estimate of drug-likeness (QED) is 0.705. The molecule has 3 aliphatic rings. The highest BCUT2D eigenvalue weighted by molar-refractivity contribution is 7.85. The first-order valence-electron chi connectivity index (χ1n) is 11.1. The lowest BCUT2D eigenvalue weighted by Crippen LogP contribution is -2.48. The standard InChI is InChI=1S/C22H28ClN5O2S/c23-17-12-24-20(25-13-17)15-3-1-8-28(9-4-15)18-11-16-5-10-31(30)19(16)21(26-18)27-22(14-29)6-2-7-22/h11-13,15,29H,1-10,14H2,(H,26,27)/t15?,31-/m0/s1. The van der Waals surface area contributed by atoms with E-state index in [4.69, 9.17) is 16.6 Å². The Morgan fingerprint density at radius 2 is 2.03 bits per heavy atom. The lowest BCUT2D eigenvalue weighted by Gasteiger charge is -2.42. The summed E-state index contributed by atoms with van der Waals surface area (Å²) in [5.74, 6) is 3.47. The maximum atomic E-state index is 12.7. The number of pyridine rings is 1. The normalized spacial score (nSPS) is 24.9. The molecular formula is C22H28ClN5O2S. The van der Waals surface area contributed by atoms with Crippen LogP contribution >= 0.6 is 11.6 Å². The van der Waals surface area contributed by atoms with E-state index in [9.17, 15) is 9.32 Å². The Kier molecular flexibility index (Phi) is 5.88. The SMILES string of the molecule is O=[S@]1CCc2cc(N3CCCC(c4ncc(Cl)cn4)CC3)nc(NC3(CO)CCC3)c21. The summed E-state index contributed by atoms with van der Waals surface area (Å²) in [5.41, 5.74) is 0.808. The number of anilines is 2. The first-order chi connectivity index (χ1) is 15.1. The second kappa shape index (κ2) is 8.64. The van der Waals surface area contributed by atoms with Crippen LogP contribution in [0.25, 0.3) is 0 Å². The van der Waals surface area contributed by atoms with Crippen LogP contribution in [0.4, 0.5) is 11.6 Å². The summed E-state index contributed by atoms with van der Waals surface area (Å²) in [7, 11) is -1.03. The highest BCUT2D eigenvalue weighted by atomic mass is 35.5. The van der Waals surface area contributed by atoms with Gasteiger partial charge in [-0.3, -0.25) is 4.21 Å². The van der Waals surface area contributed by atoms with Gasteiger partial charge in [-0.1, -0.05) is 11.6 Å². The number of halogens is 1. The van der Waals surface area contributed by atoms with Crippen molar-refractivity contribution in [2.75, 3.05) is 35.7 Å². The van der Waals surface area contributed by atoms with Crippen LogP contribution in [0.2, 0.25) is 5.02 Å². The predicted octanol–water partition coefficient (Wildman–Crippen LogP) is 3.29. The summed E-state index contributed by atoms with van der Waals surface area (Å²) in [6, 6.07) is 2.12. The molecule has 0 spiro atoms. The van der Waals surface area contributed by atoms with Gasteiger partial charge in [-0.2, -0.15) is 0 Å². The fourth-order valence-electron chi connectivity index (χ4n) is 4.86. The molecule has 0 bridgehead atoms. The Morgan fingerprint density at radius 1 is 1.23 bits per heavy atom. The van der Waals surface area contributed by atoms with E-state index in [1.807, 2.05) is 0 Å². The zero-order valence-corrected chi connectivity index (χ0v) is 19.1. The number of aliphatic hydroxyl groups is 1. The van der Waals surface area contributed by atoms with Gasteiger partial charge in [0.1, 0.15) is 17.5 Å². The van der Waals surface area contributed by atoms with E-state index in [1.54, 1.807) is 12.4 Å². The van der Waals surface area contributed by atoms with Gasteiger partial charge in [0.25, 0.3) is 0 Å². The maximum Gasteiger partial charge on any atom is 0.145 e. The molecule has 7 nitrogen and oxygen atoms in total. The average Bonchev–Trinajstić information content (AvgIpc) is 2.97. The third-order valence-corrected chi connectivity index (χ3v) is 8.56. The van der Waals surface area contributed by atoms with E-state index in [2.05, 4.69) is 26.3 Å². The summed E-state index contributed by atoms with van der Waals surface area (Å²) >= 11 is 5.94. The molecule has 2 aromatic heterocycles. The van der Waals surface area contributed by atoms with E-state index in [0.717, 1.165) is 80.1 Å². The molecule has 0 radical (unpaired) electrons. The van der Waals surface area contributed by atoms with Crippen molar-refractivity contribution in [2.24, 2.45) is 0 Å². The molecule has 1 unspecified atom stereocenters. The Morgan fingerprint density at radius 3 is 2.74 bits per heavy atom. The monoisotopic (exact) mass is 461 g/mol. The lowest BCUT2D eigenvalue weighted by atomic mass is 9.77. The first-order valence-corrected chi connectivity index (χ1v) is 12.8. The van der Waals surface area contributed by atoms with Crippen molar-refractivity contribution in [3.63, 3.8) is 0 Å². The van der Waals surface area contributed by atoms with Gasteiger partial charge in [-0.25, -0.2) is 15.0 Å². The highest BCUT2D eigenvalue weighted by Gasteiger charge is 2.38. The fraction of sp³-hybridized carbons (Fsp3) is 0.591. The van der Waals surface area contributed by atoms with Gasteiger partial charge >= 0.3 is 0 Å². The molecule has 2 fully saturated rings. The Labute approximate surface area is 190 Å². The van der Waals surface area contributed by atoms with Crippen LogP contribution in [0.15, 0.2) is 23.4 Å². The number of hydrogen-bond acceptors (Lipinski definition) is 7. The second-order valence-corrected chi connectivity index (χ2v) is 10.9. The highest BCUT2D eigenvalue weighted by Crippen LogP contribution is 2.39. The van der Waals surface area contributed by atoms with E-state index in [1.165, 1.54) is 0 Å². The number of aromatic nitrogens is 3. The van der Waals surface area contributed by atoms with E-state index in [0.29, 0.717) is 22.5 Å². The third kappa shape index (κ3) is 4.17. The molecule has 0 aromatic carbocycles. The van der Waals surface area contributed by atoms with E-state index in [-0.39, 0.29) is 12.1 Å². The number of nitrogens with one attached hydrogen (secondary N) is 1. The number of aryl methyl sites for hydroxylation is 1. The number of nitrogens with zero attached hydrogens (tertiary/aromatic N) is 4. The number of aliphatic hydroxyl groups excluding tert-OH is 1. The second-order valence-electron chi connectivity index (χ2n) is 8.91. The minimum absolute atomic E-state index is 0.0762. The molecule has 5 rings (SSSR count). The van der Waals surface area contributed by atoms with Gasteiger partial charge in [0.15, 0.2) is 0 Å². The molecule has 4 heterocycles. The molecule has 1 aliphatic carbocycles. The van der Waals surface area contributed by atoms with Crippen molar-refractivity contribution in [3.8, 4) is 0 Å². The molecule has 2 N–H and O–H groups in total. The molecule has 31 heavy (non-hydrogen) atoms. The fourth-order valence-corrected chi connectivity index (χ4v) is 6.33. The molecular weight excluding hydrogens is 434 g/mol. The van der Waals surface area contributed by atoms with Gasteiger partial charge in [0.05, 0.1) is 32.9 Å².